The Kier molecular flexibility index (Phi) is 5.77. The van der Waals surface area contributed by atoms with Crippen LogP contribution in [0.25, 0.3) is 16.7 Å². The molecule has 162 valence electrons. The lowest BCUT2D eigenvalue weighted by Crippen LogP contribution is -2.31. The Hall–Kier alpha value is -3.39. The molecule has 0 radical (unpaired) electrons. The Morgan fingerprint density at radius 3 is 2.66 bits per heavy atom. The van der Waals surface area contributed by atoms with Gasteiger partial charge in [-0.25, -0.2) is 14.6 Å². The van der Waals surface area contributed by atoms with Gasteiger partial charge in [0.25, 0.3) is 0 Å². The van der Waals surface area contributed by atoms with Gasteiger partial charge >= 0.3 is 0 Å². The van der Waals surface area contributed by atoms with E-state index in [0.717, 1.165) is 45.9 Å². The SMILES string of the molecule is COc1ccc(C(NC(=O)CSc2ncnc3c2cnn3-c2ccccc2)C2CC2)cc1. The summed E-state index contributed by atoms with van der Waals surface area (Å²) in [6.45, 7) is 0. The van der Waals surface area contributed by atoms with Gasteiger partial charge < -0.3 is 10.1 Å². The third-order valence-corrected chi connectivity index (χ3v) is 6.56. The van der Waals surface area contributed by atoms with Crippen LogP contribution in [-0.4, -0.2) is 38.5 Å². The number of para-hydroxylation sites is 1. The molecule has 0 spiro atoms. The molecule has 1 amide bonds. The zero-order valence-corrected chi connectivity index (χ0v) is 18.5. The van der Waals surface area contributed by atoms with Gasteiger partial charge in [-0.15, -0.1) is 0 Å². The van der Waals surface area contributed by atoms with E-state index in [1.54, 1.807) is 18.0 Å². The first-order valence-electron chi connectivity index (χ1n) is 10.5. The number of hydrogen-bond donors (Lipinski definition) is 1. The summed E-state index contributed by atoms with van der Waals surface area (Å²) < 4.78 is 7.03. The summed E-state index contributed by atoms with van der Waals surface area (Å²) in [5.74, 6) is 1.58. The van der Waals surface area contributed by atoms with E-state index in [1.165, 1.54) is 18.1 Å². The third-order valence-electron chi connectivity index (χ3n) is 5.55. The van der Waals surface area contributed by atoms with E-state index in [-0.39, 0.29) is 17.7 Å². The molecule has 2 heterocycles. The molecule has 7 nitrogen and oxygen atoms in total. The number of amides is 1. The largest absolute Gasteiger partial charge is 0.497 e. The fourth-order valence-electron chi connectivity index (χ4n) is 3.76. The number of rotatable bonds is 8. The highest BCUT2D eigenvalue weighted by molar-refractivity contribution is 8.00. The van der Waals surface area contributed by atoms with Crippen molar-refractivity contribution in [3.05, 3.63) is 72.7 Å². The molecular weight excluding hydrogens is 422 g/mol. The minimum atomic E-state index is -0.00932. The first kappa shape index (κ1) is 20.5. The highest BCUT2D eigenvalue weighted by Gasteiger charge is 2.33. The maximum Gasteiger partial charge on any atom is 0.230 e. The second kappa shape index (κ2) is 9.00. The van der Waals surface area contributed by atoms with Gasteiger partial charge in [-0.3, -0.25) is 4.79 Å². The Labute approximate surface area is 190 Å². The van der Waals surface area contributed by atoms with E-state index < -0.39 is 0 Å². The number of methoxy groups -OCH3 is 1. The summed E-state index contributed by atoms with van der Waals surface area (Å²) in [5.41, 5.74) is 2.77. The van der Waals surface area contributed by atoms with E-state index in [2.05, 4.69) is 20.4 Å². The van der Waals surface area contributed by atoms with E-state index in [9.17, 15) is 4.79 Å². The molecule has 0 bridgehead atoms. The van der Waals surface area contributed by atoms with Gasteiger partial charge in [0.15, 0.2) is 5.65 Å². The minimum absolute atomic E-state index is 0.00932. The van der Waals surface area contributed by atoms with Gasteiger partial charge in [-0.2, -0.15) is 5.10 Å². The normalized spacial score (nSPS) is 14.3. The van der Waals surface area contributed by atoms with Crippen LogP contribution >= 0.6 is 11.8 Å². The number of nitrogens with zero attached hydrogens (tertiary/aromatic N) is 4. The van der Waals surface area contributed by atoms with Crippen LogP contribution in [0.15, 0.2) is 72.1 Å². The fourth-order valence-corrected chi connectivity index (χ4v) is 4.53. The molecule has 32 heavy (non-hydrogen) atoms. The summed E-state index contributed by atoms with van der Waals surface area (Å²) in [4.78, 5) is 21.6. The monoisotopic (exact) mass is 445 g/mol. The van der Waals surface area contributed by atoms with Crippen LogP contribution in [0.4, 0.5) is 0 Å². The van der Waals surface area contributed by atoms with Crippen molar-refractivity contribution in [2.75, 3.05) is 12.9 Å². The number of nitrogens with one attached hydrogen (secondary N) is 1. The predicted molar refractivity (Wildman–Crippen MR) is 124 cm³/mol. The quantitative estimate of drug-likeness (QED) is 0.324. The Morgan fingerprint density at radius 1 is 1.16 bits per heavy atom. The Morgan fingerprint density at radius 2 is 1.94 bits per heavy atom. The van der Waals surface area contributed by atoms with Crippen LogP contribution in [0.5, 0.6) is 5.75 Å². The third kappa shape index (κ3) is 4.31. The number of fused-ring (bicyclic) bond motifs is 1. The van der Waals surface area contributed by atoms with Gasteiger partial charge in [-0.1, -0.05) is 42.1 Å². The molecule has 0 aliphatic heterocycles. The van der Waals surface area contributed by atoms with Crippen LogP contribution in [0.1, 0.15) is 24.4 Å². The second-order valence-electron chi connectivity index (χ2n) is 7.75. The zero-order chi connectivity index (χ0) is 21.9. The summed E-state index contributed by atoms with van der Waals surface area (Å²) in [6, 6.07) is 17.8. The first-order chi connectivity index (χ1) is 15.7. The number of hydrogen-bond acceptors (Lipinski definition) is 6. The van der Waals surface area contributed by atoms with Gasteiger partial charge in [0.2, 0.25) is 5.91 Å². The molecule has 1 saturated carbocycles. The molecule has 1 N–H and O–H groups in total. The molecule has 1 aliphatic carbocycles. The van der Waals surface area contributed by atoms with Crippen molar-refractivity contribution in [3.8, 4) is 11.4 Å². The lowest BCUT2D eigenvalue weighted by atomic mass is 10.0. The van der Waals surface area contributed by atoms with Crippen molar-refractivity contribution in [1.29, 1.82) is 0 Å². The zero-order valence-electron chi connectivity index (χ0n) is 17.6. The summed E-state index contributed by atoms with van der Waals surface area (Å²) in [5, 5.41) is 9.28. The van der Waals surface area contributed by atoms with Crippen LogP contribution in [0, 0.1) is 5.92 Å². The van der Waals surface area contributed by atoms with Crippen LogP contribution in [0.2, 0.25) is 0 Å². The topological polar surface area (TPSA) is 81.9 Å². The smallest absolute Gasteiger partial charge is 0.230 e. The Bertz CT molecular complexity index is 1220. The fraction of sp³-hybridized carbons (Fsp3) is 0.250. The summed E-state index contributed by atoms with van der Waals surface area (Å²) in [7, 11) is 1.65. The second-order valence-corrected chi connectivity index (χ2v) is 8.72. The highest BCUT2D eigenvalue weighted by Crippen LogP contribution is 2.41. The van der Waals surface area contributed by atoms with Crippen LogP contribution < -0.4 is 10.1 Å². The number of aromatic nitrogens is 4. The molecule has 2 aromatic heterocycles. The number of carbonyl (C=O) groups is 1. The van der Waals surface area contributed by atoms with E-state index in [0.29, 0.717) is 5.92 Å². The van der Waals surface area contributed by atoms with Crippen molar-refractivity contribution in [1.82, 2.24) is 25.1 Å². The molecular formula is C24H23N5O2S. The van der Waals surface area contributed by atoms with Gasteiger partial charge in [0, 0.05) is 0 Å². The number of benzene rings is 2. The molecule has 1 atom stereocenters. The molecule has 4 aromatic rings. The van der Waals surface area contributed by atoms with Crippen molar-refractivity contribution < 1.29 is 9.53 Å². The van der Waals surface area contributed by atoms with Gasteiger partial charge in [0.1, 0.15) is 17.1 Å². The van der Waals surface area contributed by atoms with E-state index in [1.807, 2.05) is 54.6 Å². The molecule has 8 heteroatoms. The van der Waals surface area contributed by atoms with Crippen molar-refractivity contribution in [3.63, 3.8) is 0 Å². The summed E-state index contributed by atoms with van der Waals surface area (Å²) in [6.07, 6.45) is 5.55. The van der Waals surface area contributed by atoms with Crippen LogP contribution in [0.3, 0.4) is 0 Å². The van der Waals surface area contributed by atoms with Crippen molar-refractivity contribution in [2.45, 2.75) is 23.9 Å². The molecule has 1 aliphatic rings. The average Bonchev–Trinajstić information content (AvgIpc) is 3.59. The first-order valence-corrected chi connectivity index (χ1v) is 11.5. The lowest BCUT2D eigenvalue weighted by Gasteiger charge is -2.19. The number of ether oxygens (including phenoxy) is 1. The van der Waals surface area contributed by atoms with Crippen LogP contribution in [-0.2, 0) is 4.79 Å². The predicted octanol–water partition coefficient (Wildman–Crippen LogP) is 4.18. The van der Waals surface area contributed by atoms with Crippen molar-refractivity contribution >= 4 is 28.7 Å². The lowest BCUT2D eigenvalue weighted by molar-refractivity contribution is -0.119. The average molecular weight is 446 g/mol. The van der Waals surface area contributed by atoms with Gasteiger partial charge in [0.05, 0.1) is 36.2 Å². The highest BCUT2D eigenvalue weighted by atomic mass is 32.2. The maximum absolute atomic E-state index is 12.8. The molecule has 2 aromatic carbocycles. The Balaban J connectivity index is 1.29. The molecule has 5 rings (SSSR count). The van der Waals surface area contributed by atoms with Crippen molar-refractivity contribution in [2.24, 2.45) is 5.92 Å². The molecule has 0 saturated heterocycles. The maximum atomic E-state index is 12.8. The van der Waals surface area contributed by atoms with E-state index in [4.69, 9.17) is 4.74 Å². The standard InChI is InChI=1S/C24H23N5O2S/c1-31-19-11-9-17(10-12-19)22(16-7-8-16)28-21(30)14-32-24-20-13-27-29(23(20)25-15-26-24)18-5-3-2-4-6-18/h2-6,9-13,15-16,22H,7-8,14H2,1H3,(H,28,30). The minimum Gasteiger partial charge on any atom is -0.497 e. The molecule has 1 unspecified atom stereocenters. The molecule has 1 fully saturated rings. The van der Waals surface area contributed by atoms with Gasteiger partial charge in [-0.05, 0) is 48.6 Å². The van der Waals surface area contributed by atoms with E-state index >= 15 is 0 Å². The number of thioether (sulfide) groups is 1. The summed E-state index contributed by atoms with van der Waals surface area (Å²) >= 11 is 1.41. The number of carbonyl (C=O) groups excluding carboxylic acids is 1.